The van der Waals surface area contributed by atoms with Crippen LogP contribution in [0.3, 0.4) is 0 Å². The average molecular weight is 376 g/mol. The number of hydrogen-bond acceptors (Lipinski definition) is 4. The summed E-state index contributed by atoms with van der Waals surface area (Å²) in [6.07, 6.45) is 6.43. The van der Waals surface area contributed by atoms with Crippen LogP contribution >= 0.6 is 0 Å². The molecule has 144 valence electrons. The summed E-state index contributed by atoms with van der Waals surface area (Å²) in [6.45, 7) is 4.11. The van der Waals surface area contributed by atoms with Crippen molar-refractivity contribution in [3.8, 4) is 11.6 Å². The van der Waals surface area contributed by atoms with Crippen molar-refractivity contribution in [2.45, 2.75) is 26.0 Å². The lowest BCUT2D eigenvalue weighted by Crippen LogP contribution is -2.42. The van der Waals surface area contributed by atoms with Crippen molar-refractivity contribution in [1.29, 1.82) is 0 Å². The van der Waals surface area contributed by atoms with Gasteiger partial charge >= 0.3 is 0 Å². The van der Waals surface area contributed by atoms with Crippen molar-refractivity contribution in [3.63, 3.8) is 0 Å². The van der Waals surface area contributed by atoms with Gasteiger partial charge in [0, 0.05) is 31.6 Å². The highest BCUT2D eigenvalue weighted by atomic mass is 16.5. The van der Waals surface area contributed by atoms with Crippen molar-refractivity contribution < 1.29 is 4.74 Å². The monoisotopic (exact) mass is 376 g/mol. The molecule has 1 atom stereocenters. The number of para-hydroxylation sites is 1. The van der Waals surface area contributed by atoms with Crippen LogP contribution < -0.4 is 15.4 Å². The van der Waals surface area contributed by atoms with E-state index in [0.29, 0.717) is 13.1 Å². The number of ether oxygens (including phenoxy) is 1. The fourth-order valence-electron chi connectivity index (χ4n) is 3.18. The number of nitrogens with one attached hydrogen (secondary N) is 2. The van der Waals surface area contributed by atoms with E-state index in [1.54, 1.807) is 17.1 Å². The molecule has 1 aliphatic rings. The second kappa shape index (κ2) is 8.56. The number of rotatable bonds is 6. The molecular weight excluding hydrogens is 352 g/mol. The summed E-state index contributed by atoms with van der Waals surface area (Å²) in [5, 5.41) is 10.9. The van der Waals surface area contributed by atoms with E-state index >= 15 is 0 Å². The lowest BCUT2D eigenvalue weighted by atomic mass is 10.1. The zero-order valence-corrected chi connectivity index (χ0v) is 15.9. The Morgan fingerprint density at radius 1 is 1.21 bits per heavy atom. The molecule has 0 bridgehead atoms. The minimum atomic E-state index is 0.119. The Morgan fingerprint density at radius 3 is 2.96 bits per heavy atom. The van der Waals surface area contributed by atoms with Gasteiger partial charge in [-0.3, -0.25) is 0 Å². The topological polar surface area (TPSA) is 76.4 Å². The molecule has 7 heteroatoms. The first-order valence-corrected chi connectivity index (χ1v) is 9.53. The molecule has 0 amide bonds. The second-order valence-electron chi connectivity index (χ2n) is 6.60. The summed E-state index contributed by atoms with van der Waals surface area (Å²) >= 11 is 0. The Bertz CT molecular complexity index is 913. The van der Waals surface area contributed by atoms with E-state index in [4.69, 9.17) is 9.73 Å². The third-order valence-electron chi connectivity index (χ3n) is 4.52. The van der Waals surface area contributed by atoms with Gasteiger partial charge in [-0.1, -0.05) is 18.2 Å². The standard InChI is InChI=1S/C21H24N6O/c1-2-22-21(25-15-18-13-17-6-3-4-7-19(17)28-18)24-14-16-8-10-23-20(12-16)27-11-5-9-26-27/h3-12,18H,2,13-15H2,1H3,(H2,22,24,25). The van der Waals surface area contributed by atoms with E-state index < -0.39 is 0 Å². The zero-order chi connectivity index (χ0) is 19.2. The minimum absolute atomic E-state index is 0.119. The fourth-order valence-corrected chi connectivity index (χ4v) is 3.18. The van der Waals surface area contributed by atoms with Gasteiger partial charge in [0.15, 0.2) is 11.8 Å². The van der Waals surface area contributed by atoms with Crippen LogP contribution in [-0.2, 0) is 13.0 Å². The number of aliphatic imine (C=N–C) groups is 1. The molecule has 7 nitrogen and oxygen atoms in total. The third-order valence-corrected chi connectivity index (χ3v) is 4.52. The molecule has 0 radical (unpaired) electrons. The van der Waals surface area contributed by atoms with Gasteiger partial charge in [-0.2, -0.15) is 5.10 Å². The largest absolute Gasteiger partial charge is 0.488 e. The molecule has 1 aromatic carbocycles. The smallest absolute Gasteiger partial charge is 0.191 e. The average Bonchev–Trinajstić information content (AvgIpc) is 3.40. The number of pyridine rings is 1. The van der Waals surface area contributed by atoms with Gasteiger partial charge in [0.1, 0.15) is 11.9 Å². The molecule has 0 spiro atoms. The maximum Gasteiger partial charge on any atom is 0.191 e. The first kappa shape index (κ1) is 18.0. The van der Waals surface area contributed by atoms with Gasteiger partial charge in [0.2, 0.25) is 0 Å². The summed E-state index contributed by atoms with van der Waals surface area (Å²) in [5.41, 5.74) is 2.33. The van der Waals surface area contributed by atoms with Gasteiger partial charge in [-0.15, -0.1) is 0 Å². The SMILES string of the molecule is CCNC(=NCc1ccnc(-n2cccn2)c1)NCC1Cc2ccccc2O1. The molecule has 0 fully saturated rings. The van der Waals surface area contributed by atoms with Gasteiger partial charge < -0.3 is 15.4 Å². The van der Waals surface area contributed by atoms with Gasteiger partial charge in [0.25, 0.3) is 0 Å². The maximum absolute atomic E-state index is 5.99. The highest BCUT2D eigenvalue weighted by Crippen LogP contribution is 2.27. The van der Waals surface area contributed by atoms with Crippen LogP contribution in [0.1, 0.15) is 18.1 Å². The summed E-state index contributed by atoms with van der Waals surface area (Å²) in [4.78, 5) is 9.06. The predicted octanol–water partition coefficient (Wildman–Crippen LogP) is 2.33. The van der Waals surface area contributed by atoms with Gasteiger partial charge in [-0.25, -0.2) is 14.7 Å². The Morgan fingerprint density at radius 2 is 2.14 bits per heavy atom. The molecule has 3 aromatic rings. The summed E-state index contributed by atoms with van der Waals surface area (Å²) in [5.74, 6) is 2.55. The lowest BCUT2D eigenvalue weighted by molar-refractivity contribution is 0.235. The third kappa shape index (κ3) is 4.31. The Balaban J connectivity index is 1.37. The molecular formula is C21H24N6O. The maximum atomic E-state index is 5.99. The van der Waals surface area contributed by atoms with Crippen LogP contribution in [-0.4, -0.2) is 39.9 Å². The van der Waals surface area contributed by atoms with Gasteiger partial charge in [0.05, 0.1) is 13.1 Å². The minimum Gasteiger partial charge on any atom is -0.488 e. The van der Waals surface area contributed by atoms with E-state index in [-0.39, 0.29) is 6.10 Å². The summed E-state index contributed by atoms with van der Waals surface area (Å²) in [7, 11) is 0. The normalized spacial score (nSPS) is 15.8. The van der Waals surface area contributed by atoms with Crippen molar-refractivity contribution in [3.05, 3.63) is 72.2 Å². The van der Waals surface area contributed by atoms with Crippen molar-refractivity contribution >= 4 is 5.96 Å². The molecule has 2 N–H and O–H groups in total. The van der Waals surface area contributed by atoms with Crippen LogP contribution in [0.15, 0.2) is 66.0 Å². The molecule has 28 heavy (non-hydrogen) atoms. The number of hydrogen-bond donors (Lipinski definition) is 2. The van der Waals surface area contributed by atoms with Crippen LogP contribution in [0, 0.1) is 0 Å². The van der Waals surface area contributed by atoms with E-state index in [1.165, 1.54) is 5.56 Å². The van der Waals surface area contributed by atoms with E-state index in [1.807, 2.05) is 36.5 Å². The van der Waals surface area contributed by atoms with Crippen LogP contribution in [0.4, 0.5) is 0 Å². The first-order chi connectivity index (χ1) is 13.8. The predicted molar refractivity (Wildman–Crippen MR) is 109 cm³/mol. The van der Waals surface area contributed by atoms with Crippen molar-refractivity contribution in [2.24, 2.45) is 4.99 Å². The van der Waals surface area contributed by atoms with E-state index in [2.05, 4.69) is 39.8 Å². The number of nitrogens with zero attached hydrogens (tertiary/aromatic N) is 4. The van der Waals surface area contributed by atoms with E-state index in [0.717, 1.165) is 36.1 Å². The quantitative estimate of drug-likeness (QED) is 0.510. The molecule has 1 unspecified atom stereocenters. The lowest BCUT2D eigenvalue weighted by Gasteiger charge is -2.15. The highest BCUT2D eigenvalue weighted by molar-refractivity contribution is 5.79. The van der Waals surface area contributed by atoms with Crippen LogP contribution in [0.2, 0.25) is 0 Å². The molecule has 0 saturated heterocycles. The van der Waals surface area contributed by atoms with Gasteiger partial charge in [-0.05, 0) is 42.3 Å². The number of fused-ring (bicyclic) bond motifs is 1. The van der Waals surface area contributed by atoms with E-state index in [9.17, 15) is 0 Å². The zero-order valence-electron chi connectivity index (χ0n) is 15.9. The van der Waals surface area contributed by atoms with Crippen molar-refractivity contribution in [2.75, 3.05) is 13.1 Å². The molecule has 0 saturated carbocycles. The first-order valence-electron chi connectivity index (χ1n) is 9.53. The van der Waals surface area contributed by atoms with Crippen molar-refractivity contribution in [1.82, 2.24) is 25.4 Å². The Labute approximate surface area is 164 Å². The fraction of sp³-hybridized carbons (Fsp3) is 0.286. The number of guanidine groups is 1. The number of aromatic nitrogens is 3. The second-order valence-corrected chi connectivity index (χ2v) is 6.60. The molecule has 4 rings (SSSR count). The molecule has 3 heterocycles. The highest BCUT2D eigenvalue weighted by Gasteiger charge is 2.22. The Hall–Kier alpha value is -3.35. The molecule has 2 aromatic heterocycles. The number of benzene rings is 1. The summed E-state index contributed by atoms with van der Waals surface area (Å²) < 4.78 is 7.73. The molecule has 0 aliphatic carbocycles. The molecule has 1 aliphatic heterocycles. The summed E-state index contributed by atoms with van der Waals surface area (Å²) in [6, 6.07) is 14.0. The Kier molecular flexibility index (Phi) is 5.51. The van der Waals surface area contributed by atoms with Crippen LogP contribution in [0.25, 0.3) is 5.82 Å². The van der Waals surface area contributed by atoms with Crippen LogP contribution in [0.5, 0.6) is 5.75 Å².